The lowest BCUT2D eigenvalue weighted by atomic mass is 9.77. The van der Waals surface area contributed by atoms with Crippen molar-refractivity contribution in [3.05, 3.63) is 76.4 Å². The van der Waals surface area contributed by atoms with Crippen molar-refractivity contribution in [2.24, 2.45) is 17.3 Å². The van der Waals surface area contributed by atoms with E-state index in [-0.39, 0.29) is 55.5 Å². The van der Waals surface area contributed by atoms with Gasteiger partial charge in [0.1, 0.15) is 30.5 Å². The highest BCUT2D eigenvalue weighted by Crippen LogP contribution is 2.30. The summed E-state index contributed by atoms with van der Waals surface area (Å²) >= 11 is 0. The standard InChI is InChI=1S/C39H48N6O13/c1-22(2)19-29(42-31(46)17-18-44-32(47)15-16-33(44)48)35(50)40-23(3)34(49)43-30(20-28(37(52)53)39(4,5)6)36(51)41-25-9-7-24(8-10-25)21-57-38(54)58-27-13-11-26(12-14-27)45(55)56/h7-16,22-23,28-30H,17-21H2,1-6H3,(H,40,50)(H,41,51)(H,42,46)(H,43,49)(H,52,53)/t23-,28+,29+,30?/m0/s1. The summed E-state index contributed by atoms with van der Waals surface area (Å²) in [5.41, 5.74) is -0.263. The van der Waals surface area contributed by atoms with Crippen LogP contribution in [0.5, 0.6) is 5.75 Å². The number of ether oxygens (including phenoxy) is 2. The van der Waals surface area contributed by atoms with Gasteiger partial charge >= 0.3 is 12.1 Å². The molecule has 1 aliphatic rings. The Bertz CT molecular complexity index is 1890. The van der Waals surface area contributed by atoms with E-state index in [1.807, 2.05) is 13.8 Å². The molecule has 5 N–H and O–H groups in total. The smallest absolute Gasteiger partial charge is 0.481 e. The zero-order valence-corrected chi connectivity index (χ0v) is 32.9. The second-order valence-corrected chi connectivity index (χ2v) is 15.0. The number of benzene rings is 2. The quantitative estimate of drug-likeness (QED) is 0.0449. The number of carboxylic acids is 1. The van der Waals surface area contributed by atoms with E-state index in [2.05, 4.69) is 21.3 Å². The van der Waals surface area contributed by atoms with Gasteiger partial charge in [0.25, 0.3) is 17.5 Å². The largest absolute Gasteiger partial charge is 0.514 e. The number of nitrogens with zero attached hydrogens (tertiary/aromatic N) is 2. The third-order valence-corrected chi connectivity index (χ3v) is 8.85. The summed E-state index contributed by atoms with van der Waals surface area (Å²) in [4.78, 5) is 112. The average Bonchev–Trinajstić information content (AvgIpc) is 3.46. The first-order chi connectivity index (χ1) is 27.1. The van der Waals surface area contributed by atoms with E-state index in [1.165, 1.54) is 43.3 Å². The summed E-state index contributed by atoms with van der Waals surface area (Å²) in [6.07, 6.45) is 0.726. The molecule has 0 aromatic heterocycles. The number of imide groups is 1. The highest BCUT2D eigenvalue weighted by Gasteiger charge is 2.37. The molecule has 0 fully saturated rings. The van der Waals surface area contributed by atoms with Crippen molar-refractivity contribution < 1.29 is 57.9 Å². The first-order valence-corrected chi connectivity index (χ1v) is 18.3. The fourth-order valence-electron chi connectivity index (χ4n) is 5.62. The van der Waals surface area contributed by atoms with Crippen molar-refractivity contribution in [2.75, 3.05) is 11.9 Å². The van der Waals surface area contributed by atoms with E-state index < -0.39 is 81.9 Å². The van der Waals surface area contributed by atoms with Crippen LogP contribution in [0, 0.1) is 27.4 Å². The van der Waals surface area contributed by atoms with Crippen LogP contribution in [0.3, 0.4) is 0 Å². The third-order valence-electron chi connectivity index (χ3n) is 8.85. The van der Waals surface area contributed by atoms with Crippen molar-refractivity contribution in [3.8, 4) is 5.75 Å². The molecule has 58 heavy (non-hydrogen) atoms. The van der Waals surface area contributed by atoms with Crippen molar-refractivity contribution in [2.45, 2.75) is 85.5 Å². The highest BCUT2D eigenvalue weighted by atomic mass is 16.7. The van der Waals surface area contributed by atoms with Crippen LogP contribution in [0.4, 0.5) is 16.2 Å². The van der Waals surface area contributed by atoms with E-state index >= 15 is 0 Å². The molecule has 312 valence electrons. The maximum atomic E-state index is 13.6. The van der Waals surface area contributed by atoms with Gasteiger partial charge in [-0.05, 0) is 60.9 Å². The van der Waals surface area contributed by atoms with Crippen LogP contribution in [0.1, 0.15) is 66.4 Å². The Morgan fingerprint density at radius 1 is 0.810 bits per heavy atom. The normalized spacial score (nSPS) is 14.5. The summed E-state index contributed by atoms with van der Waals surface area (Å²) < 4.78 is 10.1. The number of carbonyl (C=O) groups excluding carboxylic acids is 7. The van der Waals surface area contributed by atoms with Gasteiger partial charge < -0.3 is 35.8 Å². The van der Waals surface area contributed by atoms with Gasteiger partial charge in [0.05, 0.1) is 10.8 Å². The lowest BCUT2D eigenvalue weighted by Gasteiger charge is -2.31. The number of carboxylic acid groups (broad SMARTS) is 1. The lowest BCUT2D eigenvalue weighted by molar-refractivity contribution is -0.384. The molecule has 19 heteroatoms. The molecule has 6 amide bonds. The number of amides is 6. The number of nitrogens with one attached hydrogen (secondary N) is 4. The molecular formula is C39H48N6O13. The lowest BCUT2D eigenvalue weighted by Crippen LogP contribution is -2.56. The molecule has 0 saturated heterocycles. The Hall–Kier alpha value is -6.66. The molecule has 0 radical (unpaired) electrons. The van der Waals surface area contributed by atoms with Gasteiger partial charge in [0, 0.05) is 42.9 Å². The molecule has 0 spiro atoms. The molecule has 2 aromatic carbocycles. The molecule has 0 aliphatic carbocycles. The van der Waals surface area contributed by atoms with Gasteiger partial charge in [-0.15, -0.1) is 0 Å². The zero-order valence-electron chi connectivity index (χ0n) is 32.9. The molecule has 1 aliphatic heterocycles. The number of aliphatic carboxylic acids is 1. The van der Waals surface area contributed by atoms with Crippen LogP contribution in [0.25, 0.3) is 0 Å². The molecule has 4 atom stereocenters. The summed E-state index contributed by atoms with van der Waals surface area (Å²) in [5.74, 6) is -6.31. The molecule has 1 heterocycles. The number of rotatable bonds is 19. The van der Waals surface area contributed by atoms with Gasteiger partial charge in [-0.1, -0.05) is 46.8 Å². The van der Waals surface area contributed by atoms with Crippen LogP contribution in [-0.4, -0.2) is 87.2 Å². The van der Waals surface area contributed by atoms with E-state index in [4.69, 9.17) is 9.47 Å². The maximum absolute atomic E-state index is 13.6. The summed E-state index contributed by atoms with van der Waals surface area (Å²) in [7, 11) is 0. The fraction of sp³-hybridized carbons (Fsp3) is 0.436. The minimum atomic E-state index is -1.39. The highest BCUT2D eigenvalue weighted by molar-refractivity contribution is 6.13. The van der Waals surface area contributed by atoms with E-state index in [1.54, 1.807) is 20.8 Å². The average molecular weight is 809 g/mol. The van der Waals surface area contributed by atoms with Crippen molar-refractivity contribution in [1.82, 2.24) is 20.9 Å². The Kier molecular flexibility index (Phi) is 16.2. The molecule has 0 bridgehead atoms. The second-order valence-electron chi connectivity index (χ2n) is 15.0. The third kappa shape index (κ3) is 14.1. The van der Waals surface area contributed by atoms with Crippen LogP contribution < -0.4 is 26.0 Å². The number of nitro groups is 1. The number of non-ortho nitro benzene ring substituents is 1. The SMILES string of the molecule is CC(C)C[C@@H](NC(=O)CCN1C(=O)C=CC1=O)C(=O)N[C@@H](C)C(=O)NC(C[C@H](C(=O)O)C(C)(C)C)C(=O)Nc1ccc(COC(=O)Oc2ccc([N+](=O)[O-])cc2)cc1. The summed E-state index contributed by atoms with van der Waals surface area (Å²) in [6.45, 7) is 9.60. The van der Waals surface area contributed by atoms with Gasteiger partial charge in [-0.3, -0.25) is 48.6 Å². The monoisotopic (exact) mass is 808 g/mol. The molecule has 3 rings (SSSR count). The Labute approximate surface area is 334 Å². The first-order valence-electron chi connectivity index (χ1n) is 18.3. The number of hydrogen-bond donors (Lipinski definition) is 5. The predicted molar refractivity (Wildman–Crippen MR) is 206 cm³/mol. The summed E-state index contributed by atoms with van der Waals surface area (Å²) in [6, 6.07) is 7.12. The van der Waals surface area contributed by atoms with Gasteiger partial charge in [0.2, 0.25) is 23.6 Å². The number of nitro benzene ring substituents is 1. The van der Waals surface area contributed by atoms with Crippen LogP contribution in [-0.2, 0) is 44.9 Å². The molecule has 1 unspecified atom stereocenters. The molecule has 19 nitrogen and oxygen atoms in total. The Morgan fingerprint density at radius 2 is 1.40 bits per heavy atom. The van der Waals surface area contributed by atoms with E-state index in [0.29, 0.717) is 5.56 Å². The molecule has 2 aromatic rings. The van der Waals surface area contributed by atoms with Gasteiger partial charge in [-0.25, -0.2) is 4.79 Å². The number of carbonyl (C=O) groups is 8. The van der Waals surface area contributed by atoms with Crippen LogP contribution in [0.15, 0.2) is 60.7 Å². The topological polar surface area (TPSA) is 270 Å². The fourth-order valence-corrected chi connectivity index (χ4v) is 5.62. The molecular weight excluding hydrogens is 760 g/mol. The maximum Gasteiger partial charge on any atom is 0.514 e. The van der Waals surface area contributed by atoms with Crippen LogP contribution >= 0.6 is 0 Å². The Morgan fingerprint density at radius 3 is 1.93 bits per heavy atom. The van der Waals surface area contributed by atoms with Crippen molar-refractivity contribution >= 4 is 58.9 Å². The number of hydrogen-bond acceptors (Lipinski definition) is 12. The minimum absolute atomic E-state index is 0.0327. The first kappa shape index (κ1) is 45.7. The van der Waals surface area contributed by atoms with Gasteiger partial charge in [0.15, 0.2) is 0 Å². The van der Waals surface area contributed by atoms with Gasteiger partial charge in [-0.2, -0.15) is 0 Å². The minimum Gasteiger partial charge on any atom is -0.481 e. The second kappa shape index (κ2) is 20.5. The zero-order chi connectivity index (χ0) is 43.3. The number of anilines is 1. The van der Waals surface area contributed by atoms with E-state index in [9.17, 15) is 53.6 Å². The predicted octanol–water partition coefficient (Wildman–Crippen LogP) is 3.22. The van der Waals surface area contributed by atoms with Crippen molar-refractivity contribution in [3.63, 3.8) is 0 Å². The van der Waals surface area contributed by atoms with Crippen molar-refractivity contribution in [1.29, 1.82) is 0 Å². The molecule has 0 saturated carbocycles. The van der Waals surface area contributed by atoms with Crippen LogP contribution in [0.2, 0.25) is 0 Å². The summed E-state index contributed by atoms with van der Waals surface area (Å²) in [5, 5.41) is 31.1. The van der Waals surface area contributed by atoms with E-state index in [0.717, 1.165) is 29.2 Å². The Balaban J connectivity index is 1.65.